The average Bonchev–Trinajstić information content (AvgIpc) is 3.47. The van der Waals surface area contributed by atoms with E-state index in [1.54, 1.807) is 0 Å². The Labute approximate surface area is 155 Å². The molecule has 1 fully saturated rings. The molecule has 0 saturated heterocycles. The van der Waals surface area contributed by atoms with Crippen molar-refractivity contribution >= 4 is 0 Å². The summed E-state index contributed by atoms with van der Waals surface area (Å²) in [6.07, 6.45) is 6.00. The lowest BCUT2D eigenvalue weighted by Gasteiger charge is -2.11. The minimum absolute atomic E-state index is 0.633. The minimum atomic E-state index is 0.633. The second-order valence-corrected chi connectivity index (χ2v) is 7.63. The van der Waals surface area contributed by atoms with E-state index in [1.165, 1.54) is 30.4 Å². The third-order valence-corrected chi connectivity index (χ3v) is 5.41. The Hall–Kier alpha value is -2.55. The standard InChI is InChI=1S/C23H26N3/c1-16-6-4-5-7-21(16)23-25-22(24-15-26(23)3)20-12-10-19(11-13-20)17(2)14-18-8-9-18/h4-7,10-13,15,17-18H,8-9,14H2,1-3H3/q+1. The monoisotopic (exact) mass is 344 g/mol. The van der Waals surface area contributed by atoms with Gasteiger partial charge in [0.2, 0.25) is 6.33 Å². The summed E-state index contributed by atoms with van der Waals surface area (Å²) in [4.78, 5) is 9.41. The largest absolute Gasteiger partial charge is 0.307 e. The molecule has 0 radical (unpaired) electrons. The van der Waals surface area contributed by atoms with Gasteiger partial charge in [0.05, 0.1) is 18.2 Å². The maximum atomic E-state index is 4.86. The Bertz CT molecular complexity index is 911. The summed E-state index contributed by atoms with van der Waals surface area (Å²) in [5, 5.41) is 0. The lowest BCUT2D eigenvalue weighted by atomic mass is 9.94. The SMILES string of the molecule is Cc1ccccc1-c1nc(-c2ccc(C(C)CC3CC3)cc2)nc[n+]1C. The Balaban J connectivity index is 1.63. The summed E-state index contributed by atoms with van der Waals surface area (Å²) in [6.45, 7) is 4.45. The number of nitrogens with zero attached hydrogens (tertiary/aromatic N) is 3. The van der Waals surface area contributed by atoms with Gasteiger partial charge in [-0.3, -0.25) is 0 Å². The summed E-state index contributed by atoms with van der Waals surface area (Å²) in [5.41, 5.74) is 4.86. The third kappa shape index (κ3) is 3.52. The molecule has 1 unspecified atom stereocenters. The molecule has 0 aliphatic heterocycles. The van der Waals surface area contributed by atoms with Gasteiger partial charge < -0.3 is 0 Å². The second kappa shape index (κ2) is 6.99. The number of aromatic nitrogens is 3. The third-order valence-electron chi connectivity index (χ3n) is 5.41. The van der Waals surface area contributed by atoms with Crippen LogP contribution in [-0.2, 0) is 7.05 Å². The highest BCUT2D eigenvalue weighted by Crippen LogP contribution is 2.38. The molecule has 0 N–H and O–H groups in total. The summed E-state index contributed by atoms with van der Waals surface area (Å²) in [7, 11) is 1.99. The fraction of sp³-hybridized carbons (Fsp3) is 0.348. The number of rotatable bonds is 5. The zero-order valence-corrected chi connectivity index (χ0v) is 15.8. The van der Waals surface area contributed by atoms with Crippen LogP contribution in [0, 0.1) is 12.8 Å². The van der Waals surface area contributed by atoms with E-state index in [-0.39, 0.29) is 0 Å². The van der Waals surface area contributed by atoms with Crippen LogP contribution in [0.4, 0.5) is 0 Å². The summed E-state index contributed by atoms with van der Waals surface area (Å²) >= 11 is 0. The Morgan fingerprint density at radius 2 is 1.81 bits per heavy atom. The van der Waals surface area contributed by atoms with E-state index in [2.05, 4.69) is 67.4 Å². The molecule has 2 aromatic carbocycles. The Morgan fingerprint density at radius 1 is 1.08 bits per heavy atom. The second-order valence-electron chi connectivity index (χ2n) is 7.63. The van der Waals surface area contributed by atoms with Gasteiger partial charge in [0, 0.05) is 0 Å². The smallest absolute Gasteiger partial charge is 0.236 e. The molecule has 1 aliphatic carbocycles. The van der Waals surface area contributed by atoms with Gasteiger partial charge in [0.25, 0.3) is 5.82 Å². The molecule has 3 nitrogen and oxygen atoms in total. The molecule has 1 aliphatic rings. The number of benzene rings is 2. The van der Waals surface area contributed by atoms with Gasteiger partial charge in [-0.05, 0) is 54.5 Å². The topological polar surface area (TPSA) is 29.7 Å². The Kier molecular flexibility index (Phi) is 4.54. The molecule has 0 amide bonds. The summed E-state index contributed by atoms with van der Waals surface area (Å²) in [6, 6.07) is 17.2. The molecule has 1 aromatic heterocycles. The normalized spacial score (nSPS) is 15.0. The van der Waals surface area contributed by atoms with Crippen molar-refractivity contribution in [1.29, 1.82) is 0 Å². The molecule has 3 aromatic rings. The number of aryl methyl sites for hydroxylation is 2. The van der Waals surface area contributed by atoms with Crippen LogP contribution in [0.25, 0.3) is 22.8 Å². The molecule has 1 atom stereocenters. The predicted molar refractivity (Wildman–Crippen MR) is 105 cm³/mol. The quantitative estimate of drug-likeness (QED) is 0.619. The fourth-order valence-corrected chi connectivity index (χ4v) is 3.57. The van der Waals surface area contributed by atoms with E-state index < -0.39 is 0 Å². The first-order chi connectivity index (χ1) is 12.6. The van der Waals surface area contributed by atoms with E-state index in [0.29, 0.717) is 5.92 Å². The lowest BCUT2D eigenvalue weighted by Crippen LogP contribution is -2.33. The van der Waals surface area contributed by atoms with Crippen LogP contribution < -0.4 is 4.57 Å². The lowest BCUT2D eigenvalue weighted by molar-refractivity contribution is -0.666. The van der Waals surface area contributed by atoms with Gasteiger partial charge in [-0.1, -0.05) is 60.1 Å². The molecule has 1 heterocycles. The highest BCUT2D eigenvalue weighted by atomic mass is 15.1. The van der Waals surface area contributed by atoms with E-state index in [9.17, 15) is 0 Å². The van der Waals surface area contributed by atoms with Crippen molar-refractivity contribution in [3.8, 4) is 22.8 Å². The van der Waals surface area contributed by atoms with Crippen molar-refractivity contribution in [2.45, 2.75) is 39.0 Å². The van der Waals surface area contributed by atoms with E-state index >= 15 is 0 Å². The molecule has 0 bridgehead atoms. The van der Waals surface area contributed by atoms with E-state index in [1.807, 2.05) is 17.9 Å². The van der Waals surface area contributed by atoms with Crippen LogP contribution in [-0.4, -0.2) is 9.97 Å². The van der Waals surface area contributed by atoms with Crippen LogP contribution in [0.3, 0.4) is 0 Å². The molecular weight excluding hydrogens is 318 g/mol. The highest BCUT2D eigenvalue weighted by molar-refractivity contribution is 5.61. The Morgan fingerprint density at radius 3 is 2.50 bits per heavy atom. The maximum absolute atomic E-state index is 4.86. The predicted octanol–water partition coefficient (Wildman–Crippen LogP) is 4.85. The van der Waals surface area contributed by atoms with Crippen LogP contribution in [0.2, 0.25) is 0 Å². The zero-order chi connectivity index (χ0) is 18.1. The molecular formula is C23H26N3+. The zero-order valence-electron chi connectivity index (χ0n) is 15.8. The van der Waals surface area contributed by atoms with Crippen molar-refractivity contribution in [3.63, 3.8) is 0 Å². The van der Waals surface area contributed by atoms with Crippen molar-refractivity contribution in [1.82, 2.24) is 9.97 Å². The van der Waals surface area contributed by atoms with Crippen molar-refractivity contribution < 1.29 is 4.57 Å². The highest BCUT2D eigenvalue weighted by Gasteiger charge is 2.24. The molecule has 26 heavy (non-hydrogen) atoms. The van der Waals surface area contributed by atoms with Crippen LogP contribution >= 0.6 is 0 Å². The molecule has 1 saturated carbocycles. The first kappa shape index (κ1) is 16.9. The minimum Gasteiger partial charge on any atom is -0.236 e. The van der Waals surface area contributed by atoms with Gasteiger partial charge in [-0.2, -0.15) is 0 Å². The van der Waals surface area contributed by atoms with E-state index in [0.717, 1.165) is 28.7 Å². The molecule has 132 valence electrons. The van der Waals surface area contributed by atoms with Crippen LogP contribution in [0.1, 0.15) is 43.2 Å². The number of hydrogen-bond donors (Lipinski definition) is 0. The average molecular weight is 344 g/mol. The van der Waals surface area contributed by atoms with Crippen LogP contribution in [0.15, 0.2) is 54.9 Å². The maximum Gasteiger partial charge on any atom is 0.307 e. The van der Waals surface area contributed by atoms with Gasteiger partial charge >= 0.3 is 5.82 Å². The first-order valence-corrected chi connectivity index (χ1v) is 9.51. The van der Waals surface area contributed by atoms with Crippen molar-refractivity contribution in [3.05, 3.63) is 66.0 Å². The molecule has 3 heteroatoms. The number of hydrogen-bond acceptors (Lipinski definition) is 2. The van der Waals surface area contributed by atoms with Gasteiger partial charge in [0.1, 0.15) is 0 Å². The van der Waals surface area contributed by atoms with Crippen molar-refractivity contribution in [2.75, 3.05) is 0 Å². The van der Waals surface area contributed by atoms with E-state index in [4.69, 9.17) is 4.98 Å². The first-order valence-electron chi connectivity index (χ1n) is 9.51. The van der Waals surface area contributed by atoms with Gasteiger partial charge in [-0.25, -0.2) is 4.57 Å². The summed E-state index contributed by atoms with van der Waals surface area (Å²) < 4.78 is 1.98. The fourth-order valence-electron chi connectivity index (χ4n) is 3.57. The molecule has 4 rings (SSSR count). The molecule has 0 spiro atoms. The van der Waals surface area contributed by atoms with Crippen molar-refractivity contribution in [2.24, 2.45) is 13.0 Å². The summed E-state index contributed by atoms with van der Waals surface area (Å²) in [5.74, 6) is 3.31. The van der Waals surface area contributed by atoms with Gasteiger partial charge in [-0.15, -0.1) is 0 Å². The van der Waals surface area contributed by atoms with Crippen LogP contribution in [0.5, 0.6) is 0 Å². The van der Waals surface area contributed by atoms with Gasteiger partial charge in [0.15, 0.2) is 0 Å².